The van der Waals surface area contributed by atoms with E-state index in [4.69, 9.17) is 14.2 Å². The molecule has 19 heavy (non-hydrogen) atoms. The van der Waals surface area contributed by atoms with Gasteiger partial charge in [0.25, 0.3) is 0 Å². The molecule has 1 heterocycles. The minimum atomic E-state index is -0.338. The Labute approximate surface area is 113 Å². The zero-order valence-corrected chi connectivity index (χ0v) is 11.5. The normalized spacial score (nSPS) is 13.1. The number of fused-ring (bicyclic) bond motifs is 1. The Hall–Kier alpha value is -1.75. The second-order valence-electron chi connectivity index (χ2n) is 4.78. The van der Waals surface area contributed by atoms with Gasteiger partial charge in [-0.05, 0) is 39.1 Å². The molecule has 0 bridgehead atoms. The molecule has 0 atom stereocenters. The Morgan fingerprint density at radius 3 is 2.84 bits per heavy atom. The summed E-state index contributed by atoms with van der Waals surface area (Å²) in [6, 6.07) is 5.49. The van der Waals surface area contributed by atoms with Gasteiger partial charge in [-0.2, -0.15) is 0 Å². The van der Waals surface area contributed by atoms with Crippen LogP contribution in [0.15, 0.2) is 18.2 Å². The Bertz CT molecular complexity index is 459. The molecule has 0 radical (unpaired) electrons. The third-order valence-corrected chi connectivity index (χ3v) is 3.17. The quantitative estimate of drug-likeness (QED) is 0.761. The summed E-state index contributed by atoms with van der Waals surface area (Å²) < 4.78 is 15.6. The minimum absolute atomic E-state index is 0.201. The lowest BCUT2D eigenvalue weighted by Crippen LogP contribution is -2.30. The van der Waals surface area contributed by atoms with Gasteiger partial charge in [-0.15, -0.1) is 0 Å². The van der Waals surface area contributed by atoms with E-state index in [1.165, 1.54) is 0 Å². The number of carbonyl (C=O) groups excluding carboxylic acids is 1. The Morgan fingerprint density at radius 1 is 1.37 bits per heavy atom. The van der Waals surface area contributed by atoms with Crippen molar-refractivity contribution in [3.63, 3.8) is 0 Å². The molecule has 1 aliphatic heterocycles. The highest BCUT2D eigenvalue weighted by molar-refractivity contribution is 5.90. The molecule has 1 aromatic carbocycles. The van der Waals surface area contributed by atoms with Crippen LogP contribution >= 0.6 is 0 Å². The number of likely N-dealkylation sites (N-methyl/N-ethyl adjacent to an activating group) is 1. The molecule has 0 N–H and O–H groups in total. The van der Waals surface area contributed by atoms with E-state index in [9.17, 15) is 4.79 Å². The monoisotopic (exact) mass is 265 g/mol. The number of benzene rings is 1. The van der Waals surface area contributed by atoms with Gasteiger partial charge in [0.1, 0.15) is 6.61 Å². The van der Waals surface area contributed by atoms with Gasteiger partial charge in [-0.25, -0.2) is 4.79 Å². The van der Waals surface area contributed by atoms with Crippen molar-refractivity contribution in [3.05, 3.63) is 23.8 Å². The predicted molar refractivity (Wildman–Crippen MR) is 70.6 cm³/mol. The molecule has 0 fully saturated rings. The summed E-state index contributed by atoms with van der Waals surface area (Å²) in [7, 11) is 2.00. The second-order valence-corrected chi connectivity index (χ2v) is 4.78. The molecular formula is C14H19NO4. The number of ether oxygens (including phenoxy) is 3. The molecule has 0 aromatic heterocycles. The number of nitrogens with zero attached hydrogens (tertiary/aromatic N) is 1. The van der Waals surface area contributed by atoms with Crippen LogP contribution in [0.5, 0.6) is 11.5 Å². The molecule has 1 aromatic rings. The molecule has 0 amide bonds. The van der Waals surface area contributed by atoms with Crippen molar-refractivity contribution in [1.82, 2.24) is 4.90 Å². The van der Waals surface area contributed by atoms with Crippen LogP contribution in [0.1, 0.15) is 24.2 Å². The average molecular weight is 265 g/mol. The average Bonchev–Trinajstić information content (AvgIpc) is 2.85. The number of hydrogen-bond donors (Lipinski definition) is 0. The zero-order chi connectivity index (χ0) is 13.8. The summed E-state index contributed by atoms with van der Waals surface area (Å²) in [5, 5.41) is 0. The lowest BCUT2D eigenvalue weighted by atomic mass is 10.2. The van der Waals surface area contributed by atoms with Gasteiger partial charge in [0.2, 0.25) is 6.79 Å². The predicted octanol–water partition coefficient (Wildman–Crippen LogP) is 1.91. The SMILES string of the molecule is CC(C)N(C)CCOC(=O)c1ccc2c(c1)OCO2. The van der Waals surface area contributed by atoms with Gasteiger partial charge in [-0.3, -0.25) is 0 Å². The van der Waals surface area contributed by atoms with Crippen molar-refractivity contribution in [3.8, 4) is 11.5 Å². The molecule has 0 saturated carbocycles. The maximum Gasteiger partial charge on any atom is 0.338 e. The van der Waals surface area contributed by atoms with Crippen LogP contribution in [-0.2, 0) is 4.74 Å². The fourth-order valence-corrected chi connectivity index (χ4v) is 1.65. The summed E-state index contributed by atoms with van der Waals surface area (Å²) in [5.41, 5.74) is 0.483. The molecule has 1 aliphatic rings. The van der Waals surface area contributed by atoms with Crippen molar-refractivity contribution in [2.75, 3.05) is 27.0 Å². The van der Waals surface area contributed by atoms with Crippen LogP contribution in [-0.4, -0.2) is 43.9 Å². The summed E-state index contributed by atoms with van der Waals surface area (Å²) in [6.07, 6.45) is 0. The highest BCUT2D eigenvalue weighted by atomic mass is 16.7. The van der Waals surface area contributed by atoms with Gasteiger partial charge in [0.15, 0.2) is 11.5 Å². The van der Waals surface area contributed by atoms with Crippen molar-refractivity contribution in [2.24, 2.45) is 0 Å². The topological polar surface area (TPSA) is 48.0 Å². The van der Waals surface area contributed by atoms with Crippen LogP contribution < -0.4 is 9.47 Å². The van der Waals surface area contributed by atoms with Gasteiger partial charge >= 0.3 is 5.97 Å². The van der Waals surface area contributed by atoms with Crippen LogP contribution in [0.3, 0.4) is 0 Å². The van der Waals surface area contributed by atoms with Crippen LogP contribution in [0.4, 0.5) is 0 Å². The summed E-state index contributed by atoms with van der Waals surface area (Å²) >= 11 is 0. The molecule has 0 spiro atoms. The van der Waals surface area contributed by atoms with E-state index in [-0.39, 0.29) is 12.8 Å². The largest absolute Gasteiger partial charge is 0.461 e. The molecule has 5 heteroatoms. The Balaban J connectivity index is 1.86. The summed E-state index contributed by atoms with van der Waals surface area (Å²) in [6.45, 7) is 5.49. The maximum atomic E-state index is 11.9. The van der Waals surface area contributed by atoms with Gasteiger partial charge in [-0.1, -0.05) is 0 Å². The van der Waals surface area contributed by atoms with E-state index in [0.29, 0.717) is 36.3 Å². The molecule has 0 aliphatic carbocycles. The number of rotatable bonds is 5. The molecule has 0 saturated heterocycles. The first-order valence-electron chi connectivity index (χ1n) is 6.35. The molecular weight excluding hydrogens is 246 g/mol. The first kappa shape index (κ1) is 13.7. The zero-order valence-electron chi connectivity index (χ0n) is 11.5. The van der Waals surface area contributed by atoms with E-state index in [2.05, 4.69) is 18.7 Å². The maximum absolute atomic E-state index is 11.9. The standard InChI is InChI=1S/C14H19NO4/c1-10(2)15(3)6-7-17-14(16)11-4-5-12-13(8-11)19-9-18-12/h4-5,8,10H,6-7,9H2,1-3H3. The molecule has 104 valence electrons. The smallest absolute Gasteiger partial charge is 0.338 e. The number of carbonyl (C=O) groups is 1. The summed E-state index contributed by atoms with van der Waals surface area (Å²) in [5.74, 6) is 0.917. The highest BCUT2D eigenvalue weighted by Gasteiger charge is 2.17. The van der Waals surface area contributed by atoms with Crippen molar-refractivity contribution < 1.29 is 19.0 Å². The second kappa shape index (κ2) is 5.93. The lowest BCUT2D eigenvalue weighted by Gasteiger charge is -2.20. The minimum Gasteiger partial charge on any atom is -0.461 e. The molecule has 0 unspecified atom stereocenters. The van der Waals surface area contributed by atoms with Crippen LogP contribution in [0.2, 0.25) is 0 Å². The third-order valence-electron chi connectivity index (χ3n) is 3.17. The lowest BCUT2D eigenvalue weighted by molar-refractivity contribution is 0.0460. The van der Waals surface area contributed by atoms with E-state index >= 15 is 0 Å². The van der Waals surface area contributed by atoms with E-state index < -0.39 is 0 Å². The van der Waals surface area contributed by atoms with Gasteiger partial charge in [0.05, 0.1) is 5.56 Å². The number of esters is 1. The fraction of sp³-hybridized carbons (Fsp3) is 0.500. The first-order valence-corrected chi connectivity index (χ1v) is 6.35. The fourth-order valence-electron chi connectivity index (χ4n) is 1.65. The van der Waals surface area contributed by atoms with Crippen molar-refractivity contribution in [1.29, 1.82) is 0 Å². The van der Waals surface area contributed by atoms with E-state index in [0.717, 1.165) is 0 Å². The third kappa shape index (κ3) is 3.38. The van der Waals surface area contributed by atoms with Crippen molar-refractivity contribution >= 4 is 5.97 Å². The van der Waals surface area contributed by atoms with E-state index in [1.807, 2.05) is 7.05 Å². The van der Waals surface area contributed by atoms with Crippen molar-refractivity contribution in [2.45, 2.75) is 19.9 Å². The Morgan fingerprint density at radius 2 is 2.11 bits per heavy atom. The summed E-state index contributed by atoms with van der Waals surface area (Å²) in [4.78, 5) is 14.0. The van der Waals surface area contributed by atoms with E-state index in [1.54, 1.807) is 18.2 Å². The first-order chi connectivity index (χ1) is 9.08. The molecule has 5 nitrogen and oxygen atoms in total. The number of hydrogen-bond acceptors (Lipinski definition) is 5. The molecule has 2 rings (SSSR count). The van der Waals surface area contributed by atoms with Crippen LogP contribution in [0, 0.1) is 0 Å². The highest BCUT2D eigenvalue weighted by Crippen LogP contribution is 2.32. The Kier molecular flexibility index (Phi) is 4.27. The van der Waals surface area contributed by atoms with Gasteiger partial charge in [0, 0.05) is 12.6 Å². The van der Waals surface area contributed by atoms with Crippen LogP contribution in [0.25, 0.3) is 0 Å². The van der Waals surface area contributed by atoms with Gasteiger partial charge < -0.3 is 19.1 Å².